The van der Waals surface area contributed by atoms with Crippen molar-refractivity contribution >= 4 is 10.0 Å². The summed E-state index contributed by atoms with van der Waals surface area (Å²) in [5.74, 6) is 0.891. The van der Waals surface area contributed by atoms with Crippen LogP contribution in [0.5, 0.6) is 5.75 Å². The number of unbranched alkanes of at least 4 members (excludes halogenated alkanes) is 1. The van der Waals surface area contributed by atoms with Gasteiger partial charge in [0.1, 0.15) is 5.75 Å². The SMILES string of the molecule is C=CCCCS(=O)(=O)NCc1ccc(OC)cc1. The number of hydrogen-bond acceptors (Lipinski definition) is 3. The molecular formula is C13H19NO3S. The number of methoxy groups -OCH3 is 1. The van der Waals surface area contributed by atoms with Crippen LogP contribution in [0.4, 0.5) is 0 Å². The average Bonchev–Trinajstić information content (AvgIpc) is 2.37. The number of ether oxygens (including phenoxy) is 1. The summed E-state index contributed by atoms with van der Waals surface area (Å²) < 4.78 is 30.9. The third kappa shape index (κ3) is 5.33. The zero-order valence-electron chi connectivity index (χ0n) is 10.6. The molecule has 0 amide bonds. The maximum absolute atomic E-state index is 11.6. The Bertz CT molecular complexity index is 466. The lowest BCUT2D eigenvalue weighted by Gasteiger charge is -2.07. The summed E-state index contributed by atoms with van der Waals surface area (Å²) in [7, 11) is -1.60. The molecule has 1 rings (SSSR count). The predicted octanol–water partition coefficient (Wildman–Crippen LogP) is 2.08. The number of sulfonamides is 1. The highest BCUT2D eigenvalue weighted by molar-refractivity contribution is 7.89. The molecule has 0 heterocycles. The van der Waals surface area contributed by atoms with Crippen LogP contribution in [0, 0.1) is 0 Å². The molecular weight excluding hydrogens is 250 g/mol. The van der Waals surface area contributed by atoms with Gasteiger partial charge in [-0.15, -0.1) is 6.58 Å². The van der Waals surface area contributed by atoms with E-state index in [1.165, 1.54) is 0 Å². The monoisotopic (exact) mass is 269 g/mol. The number of rotatable bonds is 8. The van der Waals surface area contributed by atoms with E-state index in [1.807, 2.05) is 12.1 Å². The maximum Gasteiger partial charge on any atom is 0.211 e. The summed E-state index contributed by atoms with van der Waals surface area (Å²) in [6.45, 7) is 3.87. The molecule has 18 heavy (non-hydrogen) atoms. The van der Waals surface area contributed by atoms with Crippen molar-refractivity contribution in [1.29, 1.82) is 0 Å². The first kappa shape index (κ1) is 14.7. The molecule has 4 nitrogen and oxygen atoms in total. The lowest BCUT2D eigenvalue weighted by atomic mass is 10.2. The normalized spacial score (nSPS) is 11.2. The standard InChI is InChI=1S/C13H19NO3S/c1-3-4-5-10-18(15,16)14-11-12-6-8-13(17-2)9-7-12/h3,6-9,14H,1,4-5,10-11H2,2H3. The summed E-state index contributed by atoms with van der Waals surface area (Å²) in [5, 5.41) is 0. The smallest absolute Gasteiger partial charge is 0.211 e. The van der Waals surface area contributed by atoms with Crippen molar-refractivity contribution in [3.63, 3.8) is 0 Å². The first-order chi connectivity index (χ1) is 8.57. The second-order valence-electron chi connectivity index (χ2n) is 3.92. The van der Waals surface area contributed by atoms with Crippen molar-refractivity contribution in [2.75, 3.05) is 12.9 Å². The molecule has 0 unspecified atom stereocenters. The van der Waals surface area contributed by atoms with Crippen LogP contribution in [0.3, 0.4) is 0 Å². The Morgan fingerprint density at radius 3 is 2.56 bits per heavy atom. The quantitative estimate of drug-likeness (QED) is 0.580. The first-order valence-electron chi connectivity index (χ1n) is 5.78. The Kier molecular flexibility index (Phi) is 5.88. The van der Waals surface area contributed by atoms with E-state index in [0.29, 0.717) is 19.4 Å². The van der Waals surface area contributed by atoms with Crippen molar-refractivity contribution in [3.05, 3.63) is 42.5 Å². The number of allylic oxidation sites excluding steroid dienone is 1. The van der Waals surface area contributed by atoms with Gasteiger partial charge in [0.05, 0.1) is 12.9 Å². The molecule has 0 aromatic heterocycles. The zero-order valence-corrected chi connectivity index (χ0v) is 11.4. The second-order valence-corrected chi connectivity index (χ2v) is 5.85. The van der Waals surface area contributed by atoms with E-state index in [9.17, 15) is 8.42 Å². The van der Waals surface area contributed by atoms with Crippen LogP contribution in [-0.2, 0) is 16.6 Å². The molecule has 0 bridgehead atoms. The van der Waals surface area contributed by atoms with Gasteiger partial charge < -0.3 is 4.74 Å². The molecule has 0 aliphatic carbocycles. The van der Waals surface area contributed by atoms with Crippen LogP contribution in [-0.4, -0.2) is 21.3 Å². The molecule has 1 aromatic carbocycles. The number of hydrogen-bond donors (Lipinski definition) is 1. The lowest BCUT2D eigenvalue weighted by Crippen LogP contribution is -2.25. The Balaban J connectivity index is 2.45. The third-order valence-corrected chi connectivity index (χ3v) is 3.89. The minimum Gasteiger partial charge on any atom is -0.497 e. The van der Waals surface area contributed by atoms with Gasteiger partial charge in [0.2, 0.25) is 10.0 Å². The van der Waals surface area contributed by atoms with Crippen LogP contribution in [0.25, 0.3) is 0 Å². The fraction of sp³-hybridized carbons (Fsp3) is 0.385. The molecule has 100 valence electrons. The minimum atomic E-state index is -3.20. The van der Waals surface area contributed by atoms with Gasteiger partial charge >= 0.3 is 0 Å². The zero-order chi connectivity index (χ0) is 13.4. The van der Waals surface area contributed by atoms with Crippen molar-refractivity contribution in [1.82, 2.24) is 4.72 Å². The van der Waals surface area contributed by atoms with E-state index in [0.717, 1.165) is 11.3 Å². The number of nitrogens with one attached hydrogen (secondary N) is 1. The van der Waals surface area contributed by atoms with Crippen LogP contribution >= 0.6 is 0 Å². The molecule has 0 aliphatic heterocycles. The number of benzene rings is 1. The maximum atomic E-state index is 11.6. The van der Waals surface area contributed by atoms with Gasteiger partial charge in [0.25, 0.3) is 0 Å². The lowest BCUT2D eigenvalue weighted by molar-refractivity contribution is 0.414. The van der Waals surface area contributed by atoms with Crippen LogP contribution in [0.2, 0.25) is 0 Å². The van der Waals surface area contributed by atoms with Gasteiger partial charge in [-0.3, -0.25) is 0 Å². The molecule has 0 atom stereocenters. The summed E-state index contributed by atoms with van der Waals surface area (Å²) >= 11 is 0. The summed E-state index contributed by atoms with van der Waals surface area (Å²) in [6.07, 6.45) is 3.03. The highest BCUT2D eigenvalue weighted by Gasteiger charge is 2.08. The minimum absolute atomic E-state index is 0.134. The van der Waals surface area contributed by atoms with Gasteiger partial charge in [0, 0.05) is 6.54 Å². The van der Waals surface area contributed by atoms with Crippen LogP contribution < -0.4 is 9.46 Å². The van der Waals surface area contributed by atoms with Crippen molar-refractivity contribution < 1.29 is 13.2 Å². The fourth-order valence-electron chi connectivity index (χ4n) is 1.43. The molecule has 0 saturated carbocycles. The van der Waals surface area contributed by atoms with Crippen LogP contribution in [0.15, 0.2) is 36.9 Å². The fourth-order valence-corrected chi connectivity index (χ4v) is 2.50. The van der Waals surface area contributed by atoms with E-state index in [4.69, 9.17) is 4.74 Å². The van der Waals surface area contributed by atoms with Crippen molar-refractivity contribution in [2.45, 2.75) is 19.4 Å². The van der Waals surface area contributed by atoms with Gasteiger partial charge in [-0.05, 0) is 30.5 Å². The Hall–Kier alpha value is -1.33. The Labute approximate surface area is 109 Å². The van der Waals surface area contributed by atoms with Gasteiger partial charge in [-0.1, -0.05) is 18.2 Å². The highest BCUT2D eigenvalue weighted by atomic mass is 32.2. The molecule has 1 aromatic rings. The summed E-state index contributed by atoms with van der Waals surface area (Å²) in [6, 6.07) is 7.29. The summed E-state index contributed by atoms with van der Waals surface area (Å²) in [4.78, 5) is 0. The third-order valence-electron chi connectivity index (χ3n) is 2.48. The molecule has 0 spiro atoms. The first-order valence-corrected chi connectivity index (χ1v) is 7.44. The second kappa shape index (κ2) is 7.18. The summed E-state index contributed by atoms with van der Waals surface area (Å²) in [5.41, 5.74) is 0.906. The van der Waals surface area contributed by atoms with E-state index in [-0.39, 0.29) is 5.75 Å². The van der Waals surface area contributed by atoms with E-state index < -0.39 is 10.0 Å². The molecule has 0 radical (unpaired) electrons. The van der Waals surface area contributed by atoms with Crippen LogP contribution in [0.1, 0.15) is 18.4 Å². The Morgan fingerprint density at radius 1 is 1.33 bits per heavy atom. The molecule has 1 N–H and O–H groups in total. The van der Waals surface area contributed by atoms with E-state index in [1.54, 1.807) is 25.3 Å². The van der Waals surface area contributed by atoms with E-state index in [2.05, 4.69) is 11.3 Å². The predicted molar refractivity (Wildman–Crippen MR) is 73.1 cm³/mol. The van der Waals surface area contributed by atoms with Gasteiger partial charge in [-0.25, -0.2) is 13.1 Å². The largest absolute Gasteiger partial charge is 0.497 e. The van der Waals surface area contributed by atoms with Gasteiger partial charge in [0.15, 0.2) is 0 Å². The topological polar surface area (TPSA) is 55.4 Å². The highest BCUT2D eigenvalue weighted by Crippen LogP contribution is 2.11. The molecule has 0 fully saturated rings. The average molecular weight is 269 g/mol. The van der Waals surface area contributed by atoms with Crippen molar-refractivity contribution in [2.24, 2.45) is 0 Å². The van der Waals surface area contributed by atoms with E-state index >= 15 is 0 Å². The van der Waals surface area contributed by atoms with Gasteiger partial charge in [-0.2, -0.15) is 0 Å². The molecule has 5 heteroatoms. The Morgan fingerprint density at radius 2 is 2.00 bits per heavy atom. The molecule has 0 saturated heterocycles. The molecule has 0 aliphatic rings. The van der Waals surface area contributed by atoms with Crippen molar-refractivity contribution in [3.8, 4) is 5.75 Å².